The lowest BCUT2D eigenvalue weighted by Crippen LogP contribution is -2.30. The number of ether oxygens (including phenoxy) is 1. The van der Waals surface area contributed by atoms with Gasteiger partial charge < -0.3 is 10.5 Å². The molecule has 0 fully saturated rings. The molecule has 31 heavy (non-hydrogen) atoms. The zero-order chi connectivity index (χ0) is 23.1. The summed E-state index contributed by atoms with van der Waals surface area (Å²) in [5.41, 5.74) is 6.15. The molecule has 1 aromatic carbocycles. The molecule has 8 heteroatoms. The maximum atomic E-state index is 14.4. The summed E-state index contributed by atoms with van der Waals surface area (Å²) < 4.78 is 22.8. The fourth-order valence-corrected chi connectivity index (χ4v) is 3.54. The van der Waals surface area contributed by atoms with E-state index < -0.39 is 17.3 Å². The van der Waals surface area contributed by atoms with E-state index in [4.69, 9.17) is 10.5 Å². The number of benzene rings is 1. The topological polar surface area (TPSA) is 92.1 Å². The highest BCUT2D eigenvalue weighted by molar-refractivity contribution is 5.93. The molecule has 0 saturated heterocycles. The Bertz CT molecular complexity index is 1200. The molecule has 0 unspecified atom stereocenters. The van der Waals surface area contributed by atoms with Crippen molar-refractivity contribution in [3.05, 3.63) is 58.2 Å². The van der Waals surface area contributed by atoms with E-state index in [0.717, 1.165) is 0 Å². The van der Waals surface area contributed by atoms with Crippen LogP contribution >= 0.6 is 0 Å². The minimum Gasteiger partial charge on any atom is -0.443 e. The lowest BCUT2D eigenvalue weighted by Gasteiger charge is -2.23. The van der Waals surface area contributed by atoms with Crippen molar-refractivity contribution >= 4 is 22.7 Å². The quantitative estimate of drug-likeness (QED) is 0.670. The normalized spacial score (nSPS) is 12.4. The SMILES string of the molecule is CC(C)(C)Cc1cc(F)cc2cc(Cn3cncc(N)c3=O)n(C(=O)OC(C)(C)C)c12. The molecular weight excluding hydrogens is 399 g/mol. The highest BCUT2D eigenvalue weighted by Gasteiger charge is 2.26. The molecule has 0 spiro atoms. The van der Waals surface area contributed by atoms with Crippen LogP contribution in [0.4, 0.5) is 14.9 Å². The lowest BCUT2D eigenvalue weighted by atomic mass is 9.87. The van der Waals surface area contributed by atoms with Gasteiger partial charge in [-0.2, -0.15) is 0 Å². The molecule has 2 N–H and O–H groups in total. The van der Waals surface area contributed by atoms with Gasteiger partial charge in [-0.25, -0.2) is 18.7 Å². The van der Waals surface area contributed by atoms with Crippen molar-refractivity contribution in [2.45, 2.75) is 60.1 Å². The Balaban J connectivity index is 2.26. The van der Waals surface area contributed by atoms with Gasteiger partial charge in [-0.1, -0.05) is 20.8 Å². The van der Waals surface area contributed by atoms with Crippen LogP contribution in [0.15, 0.2) is 35.5 Å². The maximum Gasteiger partial charge on any atom is 0.419 e. The third kappa shape index (κ3) is 5.13. The number of carbonyl (C=O) groups is 1. The molecule has 0 bridgehead atoms. The number of rotatable bonds is 3. The summed E-state index contributed by atoms with van der Waals surface area (Å²) in [6, 6.07) is 4.53. The van der Waals surface area contributed by atoms with Crippen LogP contribution in [0.1, 0.15) is 52.8 Å². The van der Waals surface area contributed by atoms with Crippen LogP contribution in [-0.2, 0) is 17.7 Å². The zero-order valence-corrected chi connectivity index (χ0v) is 18.8. The first-order valence-corrected chi connectivity index (χ1v) is 10.1. The van der Waals surface area contributed by atoms with Gasteiger partial charge in [0, 0.05) is 5.39 Å². The number of aromatic nitrogens is 3. The molecule has 0 atom stereocenters. The molecule has 0 aliphatic carbocycles. The van der Waals surface area contributed by atoms with E-state index >= 15 is 0 Å². The first kappa shape index (κ1) is 22.5. The van der Waals surface area contributed by atoms with Crippen molar-refractivity contribution < 1.29 is 13.9 Å². The van der Waals surface area contributed by atoms with Crippen LogP contribution in [0.25, 0.3) is 10.9 Å². The van der Waals surface area contributed by atoms with E-state index in [1.165, 1.54) is 33.8 Å². The lowest BCUT2D eigenvalue weighted by molar-refractivity contribution is 0.0539. The van der Waals surface area contributed by atoms with Crippen LogP contribution in [0, 0.1) is 11.2 Å². The van der Waals surface area contributed by atoms with Crippen LogP contribution in [0.5, 0.6) is 0 Å². The Morgan fingerprint density at radius 1 is 1.16 bits per heavy atom. The Morgan fingerprint density at radius 2 is 1.84 bits per heavy atom. The second kappa shape index (κ2) is 7.83. The third-order valence-corrected chi connectivity index (χ3v) is 4.57. The largest absolute Gasteiger partial charge is 0.443 e. The predicted octanol–water partition coefficient (Wildman–Crippen LogP) is 4.34. The molecule has 0 amide bonds. The molecule has 2 heterocycles. The number of halogens is 1. The van der Waals surface area contributed by atoms with E-state index in [0.29, 0.717) is 28.6 Å². The van der Waals surface area contributed by atoms with Gasteiger partial charge >= 0.3 is 6.09 Å². The van der Waals surface area contributed by atoms with Crippen LogP contribution in [0.3, 0.4) is 0 Å². The van der Waals surface area contributed by atoms with Crippen molar-refractivity contribution in [2.24, 2.45) is 5.41 Å². The number of nitrogens with two attached hydrogens (primary N) is 1. The number of fused-ring (bicyclic) bond motifs is 1. The Labute approximate surface area is 180 Å². The van der Waals surface area contributed by atoms with E-state index in [1.807, 2.05) is 20.8 Å². The Hall–Kier alpha value is -3.16. The van der Waals surface area contributed by atoms with Gasteiger partial charge in [-0.05, 0) is 56.4 Å². The van der Waals surface area contributed by atoms with Crippen molar-refractivity contribution in [3.63, 3.8) is 0 Å². The predicted molar refractivity (Wildman–Crippen MR) is 119 cm³/mol. The van der Waals surface area contributed by atoms with Gasteiger partial charge in [0.15, 0.2) is 0 Å². The number of hydrogen-bond donors (Lipinski definition) is 1. The second-order valence-electron chi connectivity index (χ2n) is 9.97. The molecule has 0 aliphatic heterocycles. The van der Waals surface area contributed by atoms with Crippen molar-refractivity contribution in [1.29, 1.82) is 0 Å². The van der Waals surface area contributed by atoms with Crippen LogP contribution in [0.2, 0.25) is 0 Å². The first-order valence-electron chi connectivity index (χ1n) is 10.1. The fourth-order valence-electron chi connectivity index (χ4n) is 3.54. The minimum absolute atomic E-state index is 0.00175. The number of nitrogens with zero attached hydrogens (tertiary/aromatic N) is 3. The van der Waals surface area contributed by atoms with Crippen LogP contribution < -0.4 is 11.3 Å². The summed E-state index contributed by atoms with van der Waals surface area (Å²) in [6.07, 6.45) is 2.59. The molecule has 3 rings (SSSR count). The molecular formula is C23H29FN4O3. The van der Waals surface area contributed by atoms with Crippen LogP contribution in [-0.4, -0.2) is 25.8 Å². The molecule has 0 saturated carbocycles. The molecule has 0 aliphatic rings. The van der Waals surface area contributed by atoms with E-state index in [2.05, 4.69) is 4.98 Å². The standard InChI is InChI=1S/C23H29FN4O3/c1-22(2,3)10-15-8-16(24)7-14-9-17(12-27-13-26-11-18(25)20(27)29)28(19(14)15)21(30)31-23(4,5)6/h7-9,11,13H,10,12,25H2,1-6H3. The summed E-state index contributed by atoms with van der Waals surface area (Å²) >= 11 is 0. The highest BCUT2D eigenvalue weighted by atomic mass is 19.1. The third-order valence-electron chi connectivity index (χ3n) is 4.57. The number of anilines is 1. The average molecular weight is 429 g/mol. The minimum atomic E-state index is -0.731. The summed E-state index contributed by atoms with van der Waals surface area (Å²) in [4.78, 5) is 29.6. The number of hydrogen-bond acceptors (Lipinski definition) is 5. The van der Waals surface area contributed by atoms with E-state index in [9.17, 15) is 14.0 Å². The Kier molecular flexibility index (Phi) is 5.69. The van der Waals surface area contributed by atoms with E-state index in [-0.39, 0.29) is 23.5 Å². The van der Waals surface area contributed by atoms with E-state index in [1.54, 1.807) is 26.8 Å². The monoisotopic (exact) mass is 428 g/mol. The van der Waals surface area contributed by atoms with Gasteiger partial charge in [0.25, 0.3) is 5.56 Å². The second-order valence-corrected chi connectivity index (χ2v) is 9.97. The fraction of sp³-hybridized carbons (Fsp3) is 0.435. The molecule has 2 aromatic heterocycles. The smallest absolute Gasteiger partial charge is 0.419 e. The van der Waals surface area contributed by atoms with Gasteiger partial charge in [0.05, 0.1) is 30.3 Å². The Morgan fingerprint density at radius 3 is 2.45 bits per heavy atom. The summed E-state index contributed by atoms with van der Waals surface area (Å²) in [5, 5.41) is 0.560. The zero-order valence-electron chi connectivity index (χ0n) is 18.8. The molecule has 7 nitrogen and oxygen atoms in total. The van der Waals surface area contributed by atoms with Crippen molar-refractivity contribution in [1.82, 2.24) is 14.1 Å². The summed E-state index contributed by atoms with van der Waals surface area (Å²) in [5.74, 6) is -0.387. The highest BCUT2D eigenvalue weighted by Crippen LogP contribution is 2.31. The first-order chi connectivity index (χ1) is 14.2. The molecule has 166 valence electrons. The van der Waals surface area contributed by atoms with Gasteiger partial charge in [0.1, 0.15) is 17.1 Å². The number of nitrogen functional groups attached to an aromatic ring is 1. The van der Waals surface area contributed by atoms with Gasteiger partial charge in [-0.3, -0.25) is 9.36 Å². The number of carbonyl (C=O) groups excluding carboxylic acids is 1. The van der Waals surface area contributed by atoms with Crippen molar-refractivity contribution in [2.75, 3.05) is 5.73 Å². The van der Waals surface area contributed by atoms with Gasteiger partial charge in [-0.15, -0.1) is 0 Å². The average Bonchev–Trinajstić information content (AvgIpc) is 2.94. The summed E-state index contributed by atoms with van der Waals surface area (Å²) in [7, 11) is 0. The molecule has 3 aromatic rings. The summed E-state index contributed by atoms with van der Waals surface area (Å²) in [6.45, 7) is 11.5. The van der Waals surface area contributed by atoms with Gasteiger partial charge in [0.2, 0.25) is 0 Å². The maximum absolute atomic E-state index is 14.4. The molecule has 0 radical (unpaired) electrons. The van der Waals surface area contributed by atoms with Crippen molar-refractivity contribution in [3.8, 4) is 0 Å².